The first-order valence-corrected chi connectivity index (χ1v) is 10.3. The summed E-state index contributed by atoms with van der Waals surface area (Å²) in [4.78, 5) is 31.3. The van der Waals surface area contributed by atoms with Gasteiger partial charge in [0.1, 0.15) is 12.6 Å². The van der Waals surface area contributed by atoms with Crippen molar-refractivity contribution in [1.29, 1.82) is 0 Å². The number of carbonyl (C=O) groups excluding carboxylic acids is 2. The lowest BCUT2D eigenvalue weighted by atomic mass is 9.76. The van der Waals surface area contributed by atoms with E-state index in [4.69, 9.17) is 15.3 Å². The second kappa shape index (κ2) is 6.07. The lowest BCUT2D eigenvalue weighted by Gasteiger charge is -2.46. The van der Waals surface area contributed by atoms with Crippen molar-refractivity contribution in [2.24, 2.45) is 5.84 Å². The van der Waals surface area contributed by atoms with Crippen LogP contribution in [0.1, 0.15) is 22.9 Å². The van der Waals surface area contributed by atoms with Gasteiger partial charge in [0.05, 0.1) is 6.04 Å². The Balaban J connectivity index is 1.56. The minimum Gasteiger partial charge on any atom is -0.467 e. The molecule has 6 rings (SSSR count). The summed E-state index contributed by atoms with van der Waals surface area (Å²) in [6, 6.07) is 12.6. The van der Waals surface area contributed by atoms with Gasteiger partial charge in [0.25, 0.3) is 5.91 Å². The molecule has 154 valence electrons. The van der Waals surface area contributed by atoms with Crippen LogP contribution in [0.5, 0.6) is 11.5 Å². The number of para-hydroxylation sites is 1. The maximum Gasteiger partial charge on any atom is 0.260 e. The van der Waals surface area contributed by atoms with Gasteiger partial charge in [-0.25, -0.2) is 5.84 Å². The van der Waals surface area contributed by atoms with Gasteiger partial charge >= 0.3 is 0 Å². The molecule has 0 saturated carbocycles. The molecule has 0 bridgehead atoms. The number of rotatable bonds is 1. The maximum atomic E-state index is 13.1. The Bertz CT molecular complexity index is 1270. The molecule has 31 heavy (non-hydrogen) atoms. The fraction of sp³-hybridized carbons (Fsp3) is 0.238. The van der Waals surface area contributed by atoms with Crippen molar-refractivity contribution in [3.05, 3.63) is 59.3 Å². The van der Waals surface area contributed by atoms with Gasteiger partial charge in [-0.3, -0.25) is 14.6 Å². The third-order valence-electron chi connectivity index (χ3n) is 6.29. The fourth-order valence-corrected chi connectivity index (χ4v) is 5.04. The number of amides is 2. The van der Waals surface area contributed by atoms with Crippen LogP contribution < -0.4 is 15.3 Å². The van der Waals surface area contributed by atoms with Gasteiger partial charge in [-0.1, -0.05) is 24.3 Å². The molecule has 1 saturated heterocycles. The molecule has 1 aromatic heterocycles. The van der Waals surface area contributed by atoms with Gasteiger partial charge in [-0.15, -0.1) is 0 Å². The van der Waals surface area contributed by atoms with E-state index in [1.54, 1.807) is 4.90 Å². The van der Waals surface area contributed by atoms with Gasteiger partial charge in [-0.2, -0.15) is 0 Å². The van der Waals surface area contributed by atoms with Crippen molar-refractivity contribution in [3.63, 3.8) is 0 Å². The highest BCUT2D eigenvalue weighted by Gasteiger charge is 2.48. The Morgan fingerprint density at radius 3 is 2.71 bits per heavy atom. The molecule has 3 aromatic rings. The molecule has 0 radical (unpaired) electrons. The van der Waals surface area contributed by atoms with Crippen LogP contribution in [0.2, 0.25) is 0 Å². The molecule has 1 fully saturated rings. The largest absolute Gasteiger partial charge is 0.467 e. The minimum absolute atomic E-state index is 0.140. The zero-order chi connectivity index (χ0) is 21.5. The summed E-state index contributed by atoms with van der Waals surface area (Å²) in [6.07, 6.45) is 0.422. The minimum atomic E-state index is -0.751. The van der Waals surface area contributed by atoms with Crippen molar-refractivity contribution < 1.29 is 19.1 Å². The normalized spacial score (nSPS) is 23.8. The predicted octanol–water partition coefficient (Wildman–Crippen LogP) is -0.625. The van der Waals surface area contributed by atoms with Crippen LogP contribution >= 0.6 is 0 Å². The number of piperazine rings is 1. The lowest BCUT2D eigenvalue weighted by Crippen LogP contribution is -2.64. The highest BCUT2D eigenvalue weighted by Crippen LogP contribution is 2.45. The van der Waals surface area contributed by atoms with E-state index in [0.717, 1.165) is 32.7 Å². The van der Waals surface area contributed by atoms with Gasteiger partial charge < -0.3 is 19.4 Å². The number of nitrogens with zero attached hydrogens (tertiary/aromatic N) is 2. The summed E-state index contributed by atoms with van der Waals surface area (Å²) >= 11 is 0. The van der Waals surface area contributed by atoms with Gasteiger partial charge in [0, 0.05) is 23.0 Å². The SMILES string of the molecule is BC1(B)Oc2ccc([C@@H]3c4[nH]c5ccccc5c4C[C@@H]4C(=O)N(N)CC(=O)N34)cc2O1. The maximum absolute atomic E-state index is 13.1. The van der Waals surface area contributed by atoms with Crippen LogP contribution in [0.3, 0.4) is 0 Å². The molecule has 3 aliphatic rings. The molecule has 0 spiro atoms. The predicted molar refractivity (Wildman–Crippen MR) is 118 cm³/mol. The number of H-pyrrole nitrogens is 1. The summed E-state index contributed by atoms with van der Waals surface area (Å²) in [7, 11) is 3.70. The van der Waals surface area contributed by atoms with E-state index in [1.807, 2.05) is 58.2 Å². The molecule has 0 unspecified atom stereocenters. The molecule has 2 amide bonds. The fourth-order valence-electron chi connectivity index (χ4n) is 5.04. The van der Waals surface area contributed by atoms with Gasteiger partial charge in [-0.05, 0) is 29.3 Å². The Labute approximate surface area is 180 Å². The van der Waals surface area contributed by atoms with Crippen molar-refractivity contribution in [1.82, 2.24) is 14.9 Å². The number of nitrogens with two attached hydrogens (primary N) is 1. The lowest BCUT2D eigenvalue weighted by molar-refractivity contribution is -0.158. The number of hydrogen-bond donors (Lipinski definition) is 2. The van der Waals surface area contributed by atoms with Crippen molar-refractivity contribution >= 4 is 38.4 Å². The van der Waals surface area contributed by atoms with E-state index in [1.165, 1.54) is 0 Å². The van der Waals surface area contributed by atoms with Crippen LogP contribution in [0.4, 0.5) is 0 Å². The third kappa shape index (κ3) is 2.61. The molecule has 4 heterocycles. The number of fused-ring (bicyclic) bond motifs is 5. The average molecular weight is 414 g/mol. The first-order valence-electron chi connectivity index (χ1n) is 10.3. The average Bonchev–Trinajstić information content (AvgIpc) is 3.25. The first-order chi connectivity index (χ1) is 14.8. The van der Waals surface area contributed by atoms with Crippen LogP contribution in [0.15, 0.2) is 42.5 Å². The highest BCUT2D eigenvalue weighted by molar-refractivity contribution is 6.38. The molecule has 3 aliphatic heterocycles. The number of carbonyl (C=O) groups is 2. The summed E-state index contributed by atoms with van der Waals surface area (Å²) in [6.45, 7) is -0.140. The van der Waals surface area contributed by atoms with E-state index < -0.39 is 17.7 Å². The first kappa shape index (κ1) is 18.4. The molecular formula is C21H20B2N4O4. The standard InChI is InChI=1S/C21H20B2N4O4/c22-21(23)30-15-6-5-10(7-16(15)31-21)19-18-12(11-3-1-2-4-13(11)25-18)8-14-20(29)26(24)9-17(28)27(14)19/h1-7,14,19,25H,8-9,22-24H2/t14-,19-/m1/s1. The topological polar surface area (TPSA) is 101 Å². The number of nitrogens with one attached hydrogen (secondary N) is 1. The monoisotopic (exact) mass is 414 g/mol. The van der Waals surface area contributed by atoms with Crippen LogP contribution in [0, 0.1) is 0 Å². The molecule has 0 aliphatic carbocycles. The van der Waals surface area contributed by atoms with E-state index in [2.05, 4.69) is 4.98 Å². The molecular weight excluding hydrogens is 394 g/mol. The van der Waals surface area contributed by atoms with Crippen LogP contribution in [-0.2, 0) is 16.0 Å². The van der Waals surface area contributed by atoms with Crippen molar-refractivity contribution in [2.45, 2.75) is 24.1 Å². The van der Waals surface area contributed by atoms with Crippen LogP contribution in [0.25, 0.3) is 10.9 Å². The zero-order valence-electron chi connectivity index (χ0n) is 17.2. The Morgan fingerprint density at radius 2 is 1.87 bits per heavy atom. The van der Waals surface area contributed by atoms with E-state index in [-0.39, 0.29) is 18.4 Å². The summed E-state index contributed by atoms with van der Waals surface area (Å²) < 4.78 is 11.8. The van der Waals surface area contributed by atoms with Gasteiger partial charge in [0.15, 0.2) is 32.8 Å². The molecule has 3 N–H and O–H groups in total. The summed E-state index contributed by atoms with van der Waals surface area (Å²) in [5.74, 6) is 6.72. The number of aromatic nitrogens is 1. The van der Waals surface area contributed by atoms with E-state index >= 15 is 0 Å². The summed E-state index contributed by atoms with van der Waals surface area (Å²) in [5.41, 5.74) is 3.03. The third-order valence-corrected chi connectivity index (χ3v) is 6.29. The number of hydrogen-bond acceptors (Lipinski definition) is 5. The van der Waals surface area contributed by atoms with E-state index in [0.29, 0.717) is 17.9 Å². The second-order valence-electron chi connectivity index (χ2n) is 8.76. The molecule has 2 atom stereocenters. The Kier molecular flexibility index (Phi) is 3.60. The van der Waals surface area contributed by atoms with Crippen LogP contribution in [-0.4, -0.2) is 60.6 Å². The quantitative estimate of drug-likeness (QED) is 0.314. The number of aromatic amines is 1. The zero-order valence-corrected chi connectivity index (χ0v) is 17.2. The molecule has 2 aromatic carbocycles. The highest BCUT2D eigenvalue weighted by atomic mass is 16.7. The Morgan fingerprint density at radius 1 is 1.10 bits per heavy atom. The number of benzene rings is 2. The number of hydrazine groups is 1. The Hall–Kier alpha value is -3.39. The summed E-state index contributed by atoms with van der Waals surface area (Å²) in [5, 5.41) is 2.08. The van der Waals surface area contributed by atoms with Crippen molar-refractivity contribution in [2.75, 3.05) is 6.54 Å². The molecule has 8 nitrogen and oxygen atoms in total. The number of ether oxygens (including phenoxy) is 2. The molecule has 10 heteroatoms. The second-order valence-corrected chi connectivity index (χ2v) is 8.76. The van der Waals surface area contributed by atoms with Gasteiger partial charge in [0.2, 0.25) is 5.91 Å². The smallest absolute Gasteiger partial charge is 0.260 e. The van der Waals surface area contributed by atoms with Crippen molar-refractivity contribution in [3.8, 4) is 11.5 Å². The van der Waals surface area contributed by atoms with E-state index in [9.17, 15) is 9.59 Å².